The van der Waals surface area contributed by atoms with Crippen molar-refractivity contribution in [3.05, 3.63) is 174 Å². The molecule has 206 valence electrons. The lowest BCUT2D eigenvalue weighted by Crippen LogP contribution is -2.12. The molecular formula is C37H36FN3. The molecule has 41 heavy (non-hydrogen) atoms. The SMILES string of the molecule is C=C(/C=C\C(=CC)NC(=C)C(=C)c1cc(-c2cncc(Cc3ccccc3)c2)ccc1NC)Cc1ccccc1F. The molecule has 1 aromatic heterocycles. The lowest BCUT2D eigenvalue weighted by molar-refractivity contribution is 0.614. The van der Waals surface area contributed by atoms with E-state index in [1.165, 1.54) is 11.6 Å². The van der Waals surface area contributed by atoms with Gasteiger partial charge in [0.1, 0.15) is 5.82 Å². The Kier molecular flexibility index (Phi) is 9.85. The van der Waals surface area contributed by atoms with E-state index in [9.17, 15) is 4.39 Å². The van der Waals surface area contributed by atoms with E-state index in [0.29, 0.717) is 17.7 Å². The van der Waals surface area contributed by atoms with Crippen LogP contribution in [0.3, 0.4) is 0 Å². The van der Waals surface area contributed by atoms with Crippen LogP contribution in [0.4, 0.5) is 10.1 Å². The summed E-state index contributed by atoms with van der Waals surface area (Å²) in [6.45, 7) is 14.7. The molecule has 0 unspecified atom stereocenters. The normalized spacial score (nSPS) is 11.3. The van der Waals surface area contributed by atoms with Gasteiger partial charge in [-0.15, -0.1) is 0 Å². The Morgan fingerprint density at radius 1 is 0.854 bits per heavy atom. The third kappa shape index (κ3) is 7.80. The molecule has 0 bridgehead atoms. The predicted molar refractivity (Wildman–Crippen MR) is 172 cm³/mol. The van der Waals surface area contributed by atoms with Crippen molar-refractivity contribution in [2.45, 2.75) is 19.8 Å². The molecule has 0 aliphatic carbocycles. The van der Waals surface area contributed by atoms with Crippen molar-refractivity contribution in [1.29, 1.82) is 0 Å². The minimum absolute atomic E-state index is 0.225. The van der Waals surface area contributed by atoms with Gasteiger partial charge in [-0.25, -0.2) is 4.39 Å². The van der Waals surface area contributed by atoms with Crippen LogP contribution in [0.25, 0.3) is 16.7 Å². The smallest absolute Gasteiger partial charge is 0.126 e. The molecule has 0 amide bonds. The van der Waals surface area contributed by atoms with Gasteiger partial charge in [0.15, 0.2) is 0 Å². The number of nitrogens with zero attached hydrogens (tertiary/aromatic N) is 1. The minimum Gasteiger partial charge on any atom is -0.388 e. The molecule has 0 spiro atoms. The highest BCUT2D eigenvalue weighted by Gasteiger charge is 2.12. The number of halogens is 1. The zero-order valence-corrected chi connectivity index (χ0v) is 23.8. The highest BCUT2D eigenvalue weighted by molar-refractivity contribution is 5.86. The van der Waals surface area contributed by atoms with Gasteiger partial charge < -0.3 is 10.6 Å². The number of aromatic nitrogens is 1. The first-order chi connectivity index (χ1) is 19.9. The van der Waals surface area contributed by atoms with E-state index in [1.807, 2.05) is 56.7 Å². The number of anilines is 1. The Hall–Kier alpha value is -4.96. The molecule has 4 aromatic rings. The number of allylic oxidation sites excluding steroid dienone is 5. The molecule has 3 aromatic carbocycles. The average Bonchev–Trinajstić information content (AvgIpc) is 3.00. The Labute approximate surface area is 243 Å². The van der Waals surface area contributed by atoms with Crippen molar-refractivity contribution in [2.24, 2.45) is 0 Å². The van der Waals surface area contributed by atoms with Gasteiger partial charge in [0, 0.05) is 47.6 Å². The first-order valence-electron chi connectivity index (χ1n) is 13.6. The van der Waals surface area contributed by atoms with Crippen molar-refractivity contribution in [1.82, 2.24) is 10.3 Å². The second-order valence-corrected chi connectivity index (χ2v) is 9.84. The van der Waals surface area contributed by atoms with Crippen LogP contribution in [0, 0.1) is 5.82 Å². The molecule has 4 rings (SSSR count). The topological polar surface area (TPSA) is 37.0 Å². The molecule has 0 saturated carbocycles. The number of benzene rings is 3. The fourth-order valence-corrected chi connectivity index (χ4v) is 4.54. The van der Waals surface area contributed by atoms with Crippen molar-refractivity contribution in [2.75, 3.05) is 12.4 Å². The summed E-state index contributed by atoms with van der Waals surface area (Å²) < 4.78 is 14.0. The minimum atomic E-state index is -0.225. The lowest BCUT2D eigenvalue weighted by atomic mass is 9.96. The largest absolute Gasteiger partial charge is 0.388 e. The lowest BCUT2D eigenvalue weighted by Gasteiger charge is -2.18. The summed E-state index contributed by atoms with van der Waals surface area (Å²) in [5, 5.41) is 6.64. The van der Waals surface area contributed by atoms with Gasteiger partial charge >= 0.3 is 0 Å². The van der Waals surface area contributed by atoms with Crippen molar-refractivity contribution in [3.63, 3.8) is 0 Å². The molecule has 0 atom stereocenters. The fourth-order valence-electron chi connectivity index (χ4n) is 4.54. The van der Waals surface area contributed by atoms with Crippen LogP contribution in [0.15, 0.2) is 146 Å². The maximum atomic E-state index is 14.0. The van der Waals surface area contributed by atoms with E-state index in [0.717, 1.165) is 51.2 Å². The van der Waals surface area contributed by atoms with Gasteiger partial charge in [-0.1, -0.05) is 92.1 Å². The number of pyridine rings is 1. The molecule has 1 heterocycles. The second kappa shape index (κ2) is 13.9. The summed E-state index contributed by atoms with van der Waals surface area (Å²) in [5.74, 6) is -0.225. The Morgan fingerprint density at radius 2 is 1.61 bits per heavy atom. The first kappa shape index (κ1) is 29.0. The second-order valence-electron chi connectivity index (χ2n) is 9.84. The van der Waals surface area contributed by atoms with Crippen LogP contribution in [0.5, 0.6) is 0 Å². The van der Waals surface area contributed by atoms with E-state index in [4.69, 9.17) is 0 Å². The summed E-state index contributed by atoms with van der Waals surface area (Å²) in [5.41, 5.74) is 10.1. The van der Waals surface area contributed by atoms with Crippen LogP contribution >= 0.6 is 0 Å². The summed E-state index contributed by atoms with van der Waals surface area (Å²) in [6.07, 6.45) is 10.8. The molecule has 4 heteroatoms. The molecule has 2 N–H and O–H groups in total. The molecule has 0 fully saturated rings. The van der Waals surface area contributed by atoms with E-state index in [1.54, 1.807) is 12.1 Å². The number of rotatable bonds is 12. The third-order valence-electron chi connectivity index (χ3n) is 6.84. The average molecular weight is 542 g/mol. The van der Waals surface area contributed by atoms with E-state index in [-0.39, 0.29) is 5.82 Å². The maximum absolute atomic E-state index is 14.0. The van der Waals surface area contributed by atoms with Gasteiger partial charge in [0.2, 0.25) is 0 Å². The van der Waals surface area contributed by atoms with Crippen LogP contribution in [-0.2, 0) is 12.8 Å². The van der Waals surface area contributed by atoms with Crippen LogP contribution in [-0.4, -0.2) is 12.0 Å². The third-order valence-corrected chi connectivity index (χ3v) is 6.84. The Morgan fingerprint density at radius 3 is 2.34 bits per heavy atom. The predicted octanol–water partition coefficient (Wildman–Crippen LogP) is 8.90. The zero-order valence-electron chi connectivity index (χ0n) is 23.8. The standard InChI is InChI=1S/C37H36FN3/c1-6-34(18-16-26(2)20-32-14-10-11-15-36(32)38)41-28(4)27(3)35-23-31(17-19-37(35)39-5)33-22-30(24-40-25-33)21-29-12-8-7-9-13-29/h6-19,22-25,39,41H,2-4,20-21H2,1,5H3/b18-16-,34-6?. The molecular weight excluding hydrogens is 505 g/mol. The number of nitrogens with one attached hydrogen (secondary N) is 2. The van der Waals surface area contributed by atoms with Gasteiger partial charge in [0.25, 0.3) is 0 Å². The monoisotopic (exact) mass is 541 g/mol. The molecule has 0 aliphatic rings. The fraction of sp³-hybridized carbons (Fsp3) is 0.108. The molecule has 0 radical (unpaired) electrons. The first-order valence-corrected chi connectivity index (χ1v) is 13.6. The maximum Gasteiger partial charge on any atom is 0.126 e. The number of hydrogen-bond donors (Lipinski definition) is 2. The Bertz CT molecular complexity index is 1610. The summed E-state index contributed by atoms with van der Waals surface area (Å²) in [6, 6.07) is 25.6. The summed E-state index contributed by atoms with van der Waals surface area (Å²) in [4.78, 5) is 4.51. The molecule has 0 aliphatic heterocycles. The van der Waals surface area contributed by atoms with Crippen molar-refractivity contribution < 1.29 is 4.39 Å². The highest BCUT2D eigenvalue weighted by atomic mass is 19.1. The summed E-state index contributed by atoms with van der Waals surface area (Å²) in [7, 11) is 1.89. The van der Waals surface area contributed by atoms with E-state index >= 15 is 0 Å². The van der Waals surface area contributed by atoms with Crippen LogP contribution in [0.2, 0.25) is 0 Å². The molecule has 3 nitrogen and oxygen atoms in total. The number of hydrogen-bond acceptors (Lipinski definition) is 3. The van der Waals surface area contributed by atoms with Crippen LogP contribution < -0.4 is 10.6 Å². The van der Waals surface area contributed by atoms with E-state index < -0.39 is 0 Å². The zero-order chi connectivity index (χ0) is 29.2. The molecule has 0 saturated heterocycles. The summed E-state index contributed by atoms with van der Waals surface area (Å²) >= 11 is 0. The van der Waals surface area contributed by atoms with Crippen molar-refractivity contribution >= 4 is 11.3 Å². The van der Waals surface area contributed by atoms with Gasteiger partial charge in [0.05, 0.1) is 0 Å². The van der Waals surface area contributed by atoms with Crippen LogP contribution in [0.1, 0.15) is 29.2 Å². The van der Waals surface area contributed by atoms with E-state index in [2.05, 4.69) is 83.9 Å². The van der Waals surface area contributed by atoms with Gasteiger partial charge in [-0.2, -0.15) is 0 Å². The van der Waals surface area contributed by atoms with Crippen molar-refractivity contribution in [3.8, 4) is 11.1 Å². The van der Waals surface area contributed by atoms with Gasteiger partial charge in [-0.05, 0) is 77.9 Å². The van der Waals surface area contributed by atoms with Gasteiger partial charge in [-0.3, -0.25) is 4.98 Å². The quantitative estimate of drug-likeness (QED) is 0.176. The Balaban J connectivity index is 1.48. The highest BCUT2D eigenvalue weighted by Crippen LogP contribution is 2.32.